The Morgan fingerprint density at radius 2 is 2.10 bits per heavy atom. The van der Waals surface area contributed by atoms with E-state index in [0.29, 0.717) is 24.5 Å². The van der Waals surface area contributed by atoms with Gasteiger partial charge in [0.2, 0.25) is 0 Å². The quantitative estimate of drug-likeness (QED) is 0.743. The van der Waals surface area contributed by atoms with Crippen molar-refractivity contribution in [2.45, 2.75) is 20.8 Å². The van der Waals surface area contributed by atoms with Crippen molar-refractivity contribution < 1.29 is 19.4 Å². The zero-order valence-electron chi connectivity index (χ0n) is 11.9. The van der Waals surface area contributed by atoms with E-state index in [1.165, 1.54) is 6.20 Å². The molecule has 20 heavy (non-hydrogen) atoms. The van der Waals surface area contributed by atoms with Gasteiger partial charge in [0.25, 0.3) is 0 Å². The highest BCUT2D eigenvalue weighted by atomic mass is 16.5. The van der Waals surface area contributed by atoms with Crippen LogP contribution in [0.2, 0.25) is 0 Å². The van der Waals surface area contributed by atoms with Gasteiger partial charge in [-0.05, 0) is 25.0 Å². The number of pyridine rings is 1. The predicted molar refractivity (Wildman–Crippen MR) is 74.6 cm³/mol. The minimum absolute atomic E-state index is 0.0267. The summed E-state index contributed by atoms with van der Waals surface area (Å²) in [7, 11) is 0. The van der Waals surface area contributed by atoms with Gasteiger partial charge in [0.05, 0.1) is 18.1 Å². The third-order valence-corrected chi connectivity index (χ3v) is 2.90. The van der Waals surface area contributed by atoms with Gasteiger partial charge in [0, 0.05) is 12.7 Å². The molecule has 1 unspecified atom stereocenters. The van der Waals surface area contributed by atoms with Crippen molar-refractivity contribution in [1.82, 2.24) is 4.98 Å². The third kappa shape index (κ3) is 4.53. The summed E-state index contributed by atoms with van der Waals surface area (Å²) in [4.78, 5) is 26.6. The highest BCUT2D eigenvalue weighted by Gasteiger charge is 2.21. The number of nitrogens with zero attached hydrogens (tertiary/aromatic N) is 1. The largest absolute Gasteiger partial charge is 0.481 e. The topological polar surface area (TPSA) is 88.5 Å². The number of ether oxygens (including phenoxy) is 1. The Hall–Kier alpha value is -2.11. The van der Waals surface area contributed by atoms with Crippen molar-refractivity contribution in [2.75, 3.05) is 18.5 Å². The van der Waals surface area contributed by atoms with Crippen molar-refractivity contribution in [3.63, 3.8) is 0 Å². The molecule has 0 radical (unpaired) electrons. The van der Waals surface area contributed by atoms with Gasteiger partial charge in [-0.25, -0.2) is 9.78 Å². The van der Waals surface area contributed by atoms with E-state index in [2.05, 4.69) is 10.3 Å². The molecule has 6 heteroatoms. The van der Waals surface area contributed by atoms with Crippen molar-refractivity contribution in [3.05, 3.63) is 23.9 Å². The van der Waals surface area contributed by atoms with Gasteiger partial charge >= 0.3 is 11.9 Å². The van der Waals surface area contributed by atoms with Crippen LogP contribution in [0.5, 0.6) is 0 Å². The summed E-state index contributed by atoms with van der Waals surface area (Å²) in [5, 5.41) is 12.0. The molecule has 110 valence electrons. The molecule has 0 spiro atoms. The van der Waals surface area contributed by atoms with Crippen LogP contribution in [0.4, 0.5) is 5.82 Å². The lowest BCUT2D eigenvalue weighted by Gasteiger charge is -2.17. The van der Waals surface area contributed by atoms with Gasteiger partial charge in [-0.15, -0.1) is 0 Å². The zero-order valence-corrected chi connectivity index (χ0v) is 11.9. The maximum Gasteiger partial charge on any atom is 0.339 e. The Balaban J connectivity index is 2.61. The van der Waals surface area contributed by atoms with Gasteiger partial charge < -0.3 is 15.2 Å². The fourth-order valence-corrected chi connectivity index (χ4v) is 1.66. The highest BCUT2D eigenvalue weighted by Crippen LogP contribution is 2.13. The van der Waals surface area contributed by atoms with Crippen LogP contribution in [-0.4, -0.2) is 35.2 Å². The zero-order chi connectivity index (χ0) is 15.1. The highest BCUT2D eigenvalue weighted by molar-refractivity contribution is 5.89. The van der Waals surface area contributed by atoms with E-state index in [0.717, 1.165) is 0 Å². The summed E-state index contributed by atoms with van der Waals surface area (Å²) in [6.07, 6.45) is 1.41. The van der Waals surface area contributed by atoms with Gasteiger partial charge in [-0.3, -0.25) is 4.79 Å². The molecule has 0 aliphatic rings. The molecule has 1 rings (SSSR count). The van der Waals surface area contributed by atoms with Gasteiger partial charge in [0.15, 0.2) is 0 Å². The lowest BCUT2D eigenvalue weighted by atomic mass is 9.96. The van der Waals surface area contributed by atoms with Crippen molar-refractivity contribution in [1.29, 1.82) is 0 Å². The molecule has 1 aromatic rings. The second kappa shape index (κ2) is 7.47. The number of nitrogens with one attached hydrogen (secondary N) is 1. The SMILES string of the molecule is CCOC(=O)c1ccc(NCC(C(=O)O)C(C)C)nc1. The standard InChI is InChI=1S/C14H20N2O4/c1-4-20-14(19)10-5-6-12(15-7-10)16-8-11(9(2)3)13(17)18/h5-7,9,11H,4,8H2,1-3H3,(H,15,16)(H,17,18). The lowest BCUT2D eigenvalue weighted by molar-refractivity contribution is -0.142. The van der Waals surface area contributed by atoms with E-state index in [1.54, 1.807) is 19.1 Å². The third-order valence-electron chi connectivity index (χ3n) is 2.90. The average molecular weight is 280 g/mol. The normalized spacial score (nSPS) is 12.0. The molecule has 0 fully saturated rings. The minimum atomic E-state index is -0.837. The molecule has 0 saturated heterocycles. The van der Waals surface area contributed by atoms with Gasteiger partial charge in [0.1, 0.15) is 5.82 Å². The number of esters is 1. The molecule has 0 bridgehead atoms. The average Bonchev–Trinajstić information content (AvgIpc) is 2.39. The molecular weight excluding hydrogens is 260 g/mol. The van der Waals surface area contributed by atoms with Crippen molar-refractivity contribution in [2.24, 2.45) is 11.8 Å². The van der Waals surface area contributed by atoms with Gasteiger partial charge in [-0.2, -0.15) is 0 Å². The molecule has 2 N–H and O–H groups in total. The molecule has 1 heterocycles. The molecule has 0 aliphatic heterocycles. The molecule has 1 atom stereocenters. The number of carbonyl (C=O) groups excluding carboxylic acids is 1. The van der Waals surface area contributed by atoms with E-state index in [-0.39, 0.29) is 5.92 Å². The number of carboxylic acid groups (broad SMARTS) is 1. The van der Waals surface area contributed by atoms with Crippen LogP contribution in [0.3, 0.4) is 0 Å². The Labute approximate surface area is 118 Å². The monoisotopic (exact) mass is 280 g/mol. The van der Waals surface area contributed by atoms with Crippen molar-refractivity contribution >= 4 is 17.8 Å². The number of aromatic nitrogens is 1. The predicted octanol–water partition coefficient (Wildman–Crippen LogP) is 2.03. The van der Waals surface area contributed by atoms with E-state index in [1.807, 2.05) is 13.8 Å². The summed E-state index contributed by atoms with van der Waals surface area (Å²) in [5.41, 5.74) is 0.371. The maximum atomic E-state index is 11.4. The molecule has 0 aliphatic carbocycles. The first-order valence-corrected chi connectivity index (χ1v) is 6.55. The van der Waals surface area contributed by atoms with Crippen LogP contribution in [0.15, 0.2) is 18.3 Å². The van der Waals surface area contributed by atoms with Gasteiger partial charge in [-0.1, -0.05) is 13.8 Å². The van der Waals surface area contributed by atoms with Crippen LogP contribution >= 0.6 is 0 Å². The maximum absolute atomic E-state index is 11.4. The van der Waals surface area contributed by atoms with Crippen LogP contribution in [0.1, 0.15) is 31.1 Å². The Bertz CT molecular complexity index is 457. The smallest absolute Gasteiger partial charge is 0.339 e. The fraction of sp³-hybridized carbons (Fsp3) is 0.500. The number of anilines is 1. The number of aliphatic carboxylic acids is 1. The Morgan fingerprint density at radius 3 is 2.55 bits per heavy atom. The minimum Gasteiger partial charge on any atom is -0.481 e. The first-order chi connectivity index (χ1) is 9.45. The van der Waals surface area contributed by atoms with Crippen molar-refractivity contribution in [3.8, 4) is 0 Å². The Kier molecular flexibility index (Phi) is 5.96. The summed E-state index contributed by atoms with van der Waals surface area (Å²) >= 11 is 0. The van der Waals surface area contributed by atoms with E-state index in [4.69, 9.17) is 9.84 Å². The van der Waals surface area contributed by atoms with Crippen LogP contribution in [0.25, 0.3) is 0 Å². The molecule has 0 amide bonds. The number of hydrogen-bond acceptors (Lipinski definition) is 5. The Morgan fingerprint density at radius 1 is 1.40 bits per heavy atom. The van der Waals surface area contributed by atoms with Crippen LogP contribution < -0.4 is 5.32 Å². The summed E-state index contributed by atoms with van der Waals surface area (Å²) in [6.45, 7) is 6.06. The summed E-state index contributed by atoms with van der Waals surface area (Å²) in [5.74, 6) is -1.18. The first kappa shape index (κ1) is 15.9. The fourth-order valence-electron chi connectivity index (χ4n) is 1.66. The van der Waals surface area contributed by atoms with E-state index in [9.17, 15) is 9.59 Å². The first-order valence-electron chi connectivity index (χ1n) is 6.55. The van der Waals surface area contributed by atoms with E-state index >= 15 is 0 Å². The number of rotatable bonds is 7. The molecule has 6 nitrogen and oxygen atoms in total. The summed E-state index contributed by atoms with van der Waals surface area (Å²) in [6, 6.07) is 3.23. The molecule has 0 aromatic carbocycles. The lowest BCUT2D eigenvalue weighted by Crippen LogP contribution is -2.27. The number of carboxylic acids is 1. The second-order valence-electron chi connectivity index (χ2n) is 4.72. The molecular formula is C14H20N2O4. The molecule has 1 aromatic heterocycles. The summed E-state index contributed by atoms with van der Waals surface area (Å²) < 4.78 is 4.85. The number of carbonyl (C=O) groups is 2. The van der Waals surface area contributed by atoms with Crippen LogP contribution in [-0.2, 0) is 9.53 Å². The molecule has 0 saturated carbocycles. The van der Waals surface area contributed by atoms with Crippen LogP contribution in [0, 0.1) is 11.8 Å². The number of hydrogen-bond donors (Lipinski definition) is 2. The van der Waals surface area contributed by atoms with E-state index < -0.39 is 17.9 Å². The second-order valence-corrected chi connectivity index (χ2v) is 4.72.